The molecule has 0 saturated heterocycles. The molecule has 10 nitrogen and oxygen atoms in total. The topological polar surface area (TPSA) is 138 Å². The molecule has 43 heavy (non-hydrogen) atoms. The second kappa shape index (κ2) is 12.4. The first kappa shape index (κ1) is 32.1. The van der Waals surface area contributed by atoms with E-state index in [1.165, 1.54) is 49.5 Å². The van der Waals surface area contributed by atoms with Crippen LogP contribution in [0.3, 0.4) is 0 Å². The van der Waals surface area contributed by atoms with E-state index in [1.807, 2.05) is 0 Å². The maximum Gasteiger partial charge on any atom is 0.422 e. The number of hydrogen-bond acceptors (Lipinski definition) is 9. The van der Waals surface area contributed by atoms with Crippen molar-refractivity contribution in [3.8, 4) is 11.5 Å². The van der Waals surface area contributed by atoms with Gasteiger partial charge in [-0.05, 0) is 63.2 Å². The zero-order valence-electron chi connectivity index (χ0n) is 23.3. The van der Waals surface area contributed by atoms with Gasteiger partial charge in [0.05, 0.1) is 43.6 Å². The predicted octanol–water partition coefficient (Wildman–Crippen LogP) is 4.19. The molecule has 1 atom stereocenters. The van der Waals surface area contributed by atoms with E-state index in [1.54, 1.807) is 32.0 Å². The van der Waals surface area contributed by atoms with Crippen molar-refractivity contribution in [2.75, 3.05) is 19.8 Å². The Balaban J connectivity index is 1.65. The summed E-state index contributed by atoms with van der Waals surface area (Å²) in [5.74, 6) is -0.563. The van der Waals surface area contributed by atoms with Crippen molar-refractivity contribution in [2.45, 2.75) is 42.8 Å². The number of Topliss-reactive ketones (excluding diaryl/α,β-unsaturated/α-hetero) is 1. The van der Waals surface area contributed by atoms with Crippen LogP contribution in [0.2, 0.25) is 0 Å². The Morgan fingerprint density at radius 1 is 1.02 bits per heavy atom. The highest BCUT2D eigenvalue weighted by Crippen LogP contribution is 2.29. The number of carbonyl (C=O) groups is 1. The third kappa shape index (κ3) is 7.22. The number of ether oxygens (including phenoxy) is 2. The third-order valence-electron chi connectivity index (χ3n) is 6.47. The van der Waals surface area contributed by atoms with E-state index in [2.05, 4.69) is 9.97 Å². The molecule has 4 rings (SSSR count). The number of fused-ring (bicyclic) bond motifs is 1. The first-order valence-electron chi connectivity index (χ1n) is 12.8. The lowest BCUT2D eigenvalue weighted by Crippen LogP contribution is -2.33. The molecule has 0 bridgehead atoms. The van der Waals surface area contributed by atoms with E-state index in [-0.39, 0.29) is 56.2 Å². The van der Waals surface area contributed by atoms with Crippen LogP contribution in [0.4, 0.5) is 13.2 Å². The molecule has 2 heterocycles. The molecule has 0 aliphatic rings. The predicted molar refractivity (Wildman–Crippen MR) is 151 cm³/mol. The van der Waals surface area contributed by atoms with Crippen molar-refractivity contribution in [2.24, 2.45) is 5.41 Å². The largest absolute Gasteiger partial charge is 0.493 e. The summed E-state index contributed by atoms with van der Waals surface area (Å²) >= 11 is 0. The Hall–Kier alpha value is -3.82. The van der Waals surface area contributed by atoms with Crippen molar-refractivity contribution in [1.29, 1.82) is 0 Å². The number of hydrogen-bond donors (Lipinski definition) is 1. The molecule has 1 N–H and O–H groups in total. The second-order valence-electron chi connectivity index (χ2n) is 10.2. The van der Waals surface area contributed by atoms with E-state index in [4.69, 9.17) is 14.6 Å². The number of aliphatic hydroxyl groups is 1. The maximum absolute atomic E-state index is 13.9. The highest BCUT2D eigenvalue weighted by atomic mass is 32.2. The summed E-state index contributed by atoms with van der Waals surface area (Å²) in [7, 11) is -6.47. The zero-order valence-corrected chi connectivity index (χ0v) is 24.9. The smallest absolute Gasteiger partial charge is 0.422 e. The number of ketones is 1. The number of carbonyl (C=O) groups excluding carboxylic acids is 1. The molecule has 4 aromatic rings. The van der Waals surface area contributed by atoms with Crippen LogP contribution in [-0.2, 0) is 31.4 Å². The fraction of sp³-hybridized carbons (Fsp3) is 0.321. The standard InChI is InChI=1S/C28H28F3N3O7S2/c1-18-22(32-13-12-24(18)41-17-28(29,30)31)15-42(37)26-33-21-6-4-5-7-23(21)34(26)43(38,39)20-10-8-19(9-11-20)40-16-27(2,3)25(36)14-35/h4-13,35H,14-17H2,1-3H3. The van der Waals surface area contributed by atoms with E-state index in [9.17, 15) is 30.6 Å². The Labute approximate surface area is 248 Å². The van der Waals surface area contributed by atoms with Crippen LogP contribution in [0.15, 0.2) is 70.8 Å². The minimum absolute atomic E-state index is 0.0519. The van der Waals surface area contributed by atoms with E-state index in [0.29, 0.717) is 0 Å². The Bertz CT molecular complexity index is 1770. The van der Waals surface area contributed by atoms with Crippen molar-refractivity contribution in [1.82, 2.24) is 13.9 Å². The molecule has 0 radical (unpaired) electrons. The summed E-state index contributed by atoms with van der Waals surface area (Å²) in [5.41, 5.74) is -0.159. The van der Waals surface area contributed by atoms with Crippen LogP contribution in [0, 0.1) is 12.3 Å². The number of aromatic nitrogens is 3. The minimum Gasteiger partial charge on any atom is -0.493 e. The van der Waals surface area contributed by atoms with Gasteiger partial charge < -0.3 is 14.6 Å². The quantitative estimate of drug-likeness (QED) is 0.242. The number of nitrogens with zero attached hydrogens (tertiary/aromatic N) is 3. The van der Waals surface area contributed by atoms with Gasteiger partial charge in [-0.2, -0.15) is 13.2 Å². The Morgan fingerprint density at radius 3 is 2.35 bits per heavy atom. The van der Waals surface area contributed by atoms with E-state index < -0.39 is 51.4 Å². The number of aliphatic hydroxyl groups excluding tert-OH is 1. The van der Waals surface area contributed by atoms with Crippen molar-refractivity contribution in [3.05, 3.63) is 72.1 Å². The SMILES string of the molecule is Cc1c(OCC(F)(F)F)ccnc1CS(=O)c1nc2ccccc2n1S(=O)(=O)c1ccc(OCC(C)(C)C(=O)CO)cc1. The van der Waals surface area contributed by atoms with Crippen LogP contribution in [0.5, 0.6) is 11.5 Å². The number of halogens is 3. The number of para-hydroxylation sites is 2. The third-order valence-corrected chi connectivity index (χ3v) is 9.52. The molecule has 1 unspecified atom stereocenters. The first-order chi connectivity index (χ1) is 20.1. The molecular formula is C28H28F3N3O7S2. The normalized spacial score (nSPS) is 13.2. The molecule has 0 fully saturated rings. The molecule has 2 aromatic carbocycles. The summed E-state index contributed by atoms with van der Waals surface area (Å²) in [5, 5.41) is 8.83. The zero-order chi connectivity index (χ0) is 31.6. The van der Waals surface area contributed by atoms with Crippen LogP contribution >= 0.6 is 0 Å². The Kier molecular flexibility index (Phi) is 9.27. The number of imidazole rings is 1. The molecule has 0 aliphatic carbocycles. The summed E-state index contributed by atoms with van der Waals surface area (Å²) in [6, 6.07) is 13.0. The van der Waals surface area contributed by atoms with Gasteiger partial charge in [0.15, 0.2) is 12.4 Å². The van der Waals surface area contributed by atoms with Crippen molar-refractivity contribution < 1.29 is 45.2 Å². The van der Waals surface area contributed by atoms with E-state index in [0.717, 1.165) is 3.97 Å². The van der Waals surface area contributed by atoms with Gasteiger partial charge in [-0.1, -0.05) is 12.1 Å². The average molecular weight is 640 g/mol. The van der Waals surface area contributed by atoms with Crippen LogP contribution in [0.1, 0.15) is 25.1 Å². The Morgan fingerprint density at radius 2 is 1.70 bits per heavy atom. The molecule has 0 saturated carbocycles. The summed E-state index contributed by atoms with van der Waals surface area (Å²) in [6.45, 7) is 2.48. The second-order valence-corrected chi connectivity index (χ2v) is 13.3. The fourth-order valence-corrected chi connectivity index (χ4v) is 6.98. The minimum atomic E-state index is -4.56. The molecule has 230 valence electrons. The lowest BCUT2D eigenvalue weighted by molar-refractivity contribution is -0.153. The van der Waals surface area contributed by atoms with E-state index >= 15 is 0 Å². The van der Waals surface area contributed by atoms with Crippen molar-refractivity contribution in [3.63, 3.8) is 0 Å². The lowest BCUT2D eigenvalue weighted by atomic mass is 9.89. The van der Waals surface area contributed by atoms with Gasteiger partial charge in [-0.25, -0.2) is 17.4 Å². The number of benzene rings is 2. The highest BCUT2D eigenvalue weighted by molar-refractivity contribution is 7.91. The lowest BCUT2D eigenvalue weighted by Gasteiger charge is -2.22. The van der Waals surface area contributed by atoms with Crippen LogP contribution < -0.4 is 9.47 Å². The fourth-order valence-electron chi connectivity index (χ4n) is 3.94. The van der Waals surface area contributed by atoms with Gasteiger partial charge in [0, 0.05) is 11.8 Å². The first-order valence-corrected chi connectivity index (χ1v) is 15.5. The molecule has 0 amide bonds. The number of alkyl halides is 3. The molecule has 2 aromatic heterocycles. The number of rotatable bonds is 12. The van der Waals surface area contributed by atoms with Gasteiger partial charge in [0.2, 0.25) is 5.16 Å². The van der Waals surface area contributed by atoms with Gasteiger partial charge in [-0.15, -0.1) is 0 Å². The molecule has 0 aliphatic heterocycles. The average Bonchev–Trinajstić information content (AvgIpc) is 3.37. The highest BCUT2D eigenvalue weighted by Gasteiger charge is 2.31. The summed E-state index contributed by atoms with van der Waals surface area (Å²) in [4.78, 5) is 20.2. The molecule has 0 spiro atoms. The molecule has 15 heteroatoms. The number of pyridine rings is 1. The van der Waals surface area contributed by atoms with Gasteiger partial charge in [0.1, 0.15) is 24.7 Å². The van der Waals surface area contributed by atoms with Gasteiger partial charge >= 0.3 is 6.18 Å². The summed E-state index contributed by atoms with van der Waals surface area (Å²) in [6.07, 6.45) is -3.34. The monoisotopic (exact) mass is 639 g/mol. The summed E-state index contributed by atoms with van der Waals surface area (Å²) < 4.78 is 90.7. The molecular weight excluding hydrogens is 611 g/mol. The maximum atomic E-state index is 13.9. The van der Waals surface area contributed by atoms with Crippen LogP contribution in [0.25, 0.3) is 11.0 Å². The van der Waals surface area contributed by atoms with Gasteiger partial charge in [-0.3, -0.25) is 14.0 Å². The van der Waals surface area contributed by atoms with Gasteiger partial charge in [0.25, 0.3) is 10.0 Å². The van der Waals surface area contributed by atoms with Crippen LogP contribution in [-0.4, -0.2) is 63.5 Å². The van der Waals surface area contributed by atoms with Crippen molar-refractivity contribution >= 4 is 37.6 Å².